The van der Waals surface area contributed by atoms with E-state index in [0.717, 1.165) is 12.1 Å². The van der Waals surface area contributed by atoms with Crippen LogP contribution in [0.5, 0.6) is 0 Å². The van der Waals surface area contributed by atoms with Crippen LogP contribution in [-0.2, 0) is 0 Å². The van der Waals surface area contributed by atoms with Crippen molar-refractivity contribution in [3.05, 3.63) is 52.8 Å². The van der Waals surface area contributed by atoms with Crippen molar-refractivity contribution in [2.24, 2.45) is 0 Å². The Bertz CT molecular complexity index is 574. The molecule has 0 aliphatic rings. The first-order valence-electron chi connectivity index (χ1n) is 5.85. The van der Waals surface area contributed by atoms with E-state index in [0.29, 0.717) is 5.02 Å². The molecule has 0 amide bonds. The molecule has 0 spiro atoms. The molecule has 0 fully saturated rings. The van der Waals surface area contributed by atoms with Crippen molar-refractivity contribution < 1.29 is 13.9 Å². The second kappa shape index (κ2) is 6.11. The zero-order chi connectivity index (χ0) is 14.7. The number of nitrogens with zero attached hydrogens (tertiary/aromatic N) is 2. The van der Waals surface area contributed by atoms with Crippen LogP contribution in [0.25, 0.3) is 0 Å². The Hall–Kier alpha value is -1.79. The summed E-state index contributed by atoms with van der Waals surface area (Å²) in [7, 11) is 0. The number of benzene rings is 1. The van der Waals surface area contributed by atoms with E-state index in [-0.39, 0.29) is 11.5 Å². The molecule has 4 nitrogen and oxygen atoms in total. The number of aliphatic hydroxyl groups excluding tert-OH is 1. The first-order chi connectivity index (χ1) is 9.49. The number of hydrogen-bond donors (Lipinski definition) is 2. The molecule has 20 heavy (non-hydrogen) atoms. The van der Waals surface area contributed by atoms with Gasteiger partial charge < -0.3 is 10.4 Å². The van der Waals surface area contributed by atoms with E-state index in [1.807, 2.05) is 0 Å². The summed E-state index contributed by atoms with van der Waals surface area (Å²) in [4.78, 5) is 7.77. The predicted octanol–water partition coefficient (Wildman–Crippen LogP) is 2.94. The molecule has 2 aromatic rings. The summed E-state index contributed by atoms with van der Waals surface area (Å²) < 4.78 is 27.2. The Morgan fingerprint density at radius 1 is 1.20 bits per heavy atom. The molecule has 0 unspecified atom stereocenters. The monoisotopic (exact) mass is 299 g/mol. The maximum Gasteiger partial charge on any atom is 0.222 e. The van der Waals surface area contributed by atoms with Crippen LogP contribution in [0.4, 0.5) is 14.7 Å². The Balaban J connectivity index is 2.16. The fourth-order valence-corrected chi connectivity index (χ4v) is 1.81. The van der Waals surface area contributed by atoms with Crippen LogP contribution in [0.15, 0.2) is 30.6 Å². The van der Waals surface area contributed by atoms with Crippen LogP contribution in [0.2, 0.25) is 5.02 Å². The highest BCUT2D eigenvalue weighted by Crippen LogP contribution is 2.24. The summed E-state index contributed by atoms with van der Waals surface area (Å²) >= 11 is 5.65. The number of hydrogen-bond acceptors (Lipinski definition) is 4. The molecule has 0 saturated carbocycles. The predicted molar refractivity (Wildman–Crippen MR) is 71.4 cm³/mol. The van der Waals surface area contributed by atoms with Crippen LogP contribution in [0.1, 0.15) is 18.6 Å². The Labute approximate surface area is 119 Å². The minimum atomic E-state index is -1.38. The first-order valence-corrected chi connectivity index (χ1v) is 6.23. The Morgan fingerprint density at radius 3 is 2.30 bits per heavy atom. The van der Waals surface area contributed by atoms with Gasteiger partial charge in [-0.05, 0) is 19.1 Å². The van der Waals surface area contributed by atoms with Gasteiger partial charge in [-0.1, -0.05) is 17.7 Å². The summed E-state index contributed by atoms with van der Waals surface area (Å²) in [6, 6.07) is 2.73. The van der Waals surface area contributed by atoms with Crippen LogP contribution >= 0.6 is 11.6 Å². The lowest BCUT2D eigenvalue weighted by Gasteiger charge is -2.21. The maximum absolute atomic E-state index is 13.6. The van der Waals surface area contributed by atoms with Gasteiger partial charge in [0.1, 0.15) is 17.7 Å². The highest BCUT2D eigenvalue weighted by atomic mass is 35.5. The fraction of sp³-hybridized carbons (Fsp3) is 0.231. The lowest BCUT2D eigenvalue weighted by atomic mass is 10.0. The van der Waals surface area contributed by atoms with E-state index >= 15 is 0 Å². The molecule has 2 atom stereocenters. The molecule has 2 rings (SSSR count). The maximum atomic E-state index is 13.6. The van der Waals surface area contributed by atoms with E-state index < -0.39 is 23.8 Å². The minimum Gasteiger partial charge on any atom is -0.386 e. The van der Waals surface area contributed by atoms with Crippen molar-refractivity contribution in [2.45, 2.75) is 19.1 Å². The molecule has 106 valence electrons. The molecule has 1 heterocycles. The normalized spacial score (nSPS) is 13.8. The van der Waals surface area contributed by atoms with Gasteiger partial charge in [-0.2, -0.15) is 0 Å². The van der Waals surface area contributed by atoms with Crippen molar-refractivity contribution in [3.63, 3.8) is 0 Å². The van der Waals surface area contributed by atoms with Gasteiger partial charge in [-0.3, -0.25) is 0 Å². The third kappa shape index (κ3) is 3.20. The Morgan fingerprint density at radius 2 is 1.75 bits per heavy atom. The molecule has 0 radical (unpaired) electrons. The third-order valence-corrected chi connectivity index (χ3v) is 2.94. The SMILES string of the molecule is C[C@@H](Nc1ncc(Cl)cn1)[C@@H](O)c1c(F)cccc1F. The summed E-state index contributed by atoms with van der Waals surface area (Å²) in [5, 5.41) is 13.2. The van der Waals surface area contributed by atoms with Gasteiger partial charge in [-0.15, -0.1) is 0 Å². The number of aliphatic hydroxyl groups is 1. The molecule has 0 aliphatic carbocycles. The highest BCUT2D eigenvalue weighted by Gasteiger charge is 2.23. The van der Waals surface area contributed by atoms with Crippen molar-refractivity contribution in [1.82, 2.24) is 9.97 Å². The zero-order valence-electron chi connectivity index (χ0n) is 10.5. The molecule has 0 saturated heterocycles. The molecule has 1 aromatic heterocycles. The van der Waals surface area contributed by atoms with Crippen molar-refractivity contribution in [3.8, 4) is 0 Å². The van der Waals surface area contributed by atoms with E-state index in [4.69, 9.17) is 11.6 Å². The molecule has 1 aromatic carbocycles. The van der Waals surface area contributed by atoms with E-state index in [2.05, 4.69) is 15.3 Å². The van der Waals surface area contributed by atoms with Crippen molar-refractivity contribution in [2.75, 3.05) is 5.32 Å². The van der Waals surface area contributed by atoms with Gasteiger partial charge in [0.25, 0.3) is 0 Å². The van der Waals surface area contributed by atoms with E-state index in [1.54, 1.807) is 6.92 Å². The minimum absolute atomic E-state index is 0.206. The summed E-state index contributed by atoms with van der Waals surface area (Å²) in [5.74, 6) is -1.40. The van der Waals surface area contributed by atoms with Crippen molar-refractivity contribution >= 4 is 17.5 Å². The molecular weight excluding hydrogens is 288 g/mol. The smallest absolute Gasteiger partial charge is 0.222 e. The highest BCUT2D eigenvalue weighted by molar-refractivity contribution is 6.30. The molecular formula is C13H12ClF2N3O. The van der Waals surface area contributed by atoms with Crippen LogP contribution in [-0.4, -0.2) is 21.1 Å². The van der Waals surface area contributed by atoms with Gasteiger partial charge in [0, 0.05) is 0 Å². The summed E-state index contributed by atoms with van der Waals surface area (Å²) in [6.07, 6.45) is 1.37. The number of nitrogens with one attached hydrogen (secondary N) is 1. The molecule has 0 aliphatic heterocycles. The van der Waals surface area contributed by atoms with Crippen LogP contribution in [0, 0.1) is 11.6 Å². The third-order valence-electron chi connectivity index (χ3n) is 2.75. The summed E-state index contributed by atoms with van der Waals surface area (Å²) in [5.41, 5.74) is -0.388. The zero-order valence-corrected chi connectivity index (χ0v) is 11.3. The lowest BCUT2D eigenvalue weighted by molar-refractivity contribution is 0.151. The Kier molecular flexibility index (Phi) is 4.46. The van der Waals surface area contributed by atoms with E-state index in [1.165, 1.54) is 18.5 Å². The number of rotatable bonds is 4. The quantitative estimate of drug-likeness (QED) is 0.911. The number of halogens is 3. The van der Waals surface area contributed by atoms with E-state index in [9.17, 15) is 13.9 Å². The molecule has 0 bridgehead atoms. The van der Waals surface area contributed by atoms with Crippen LogP contribution in [0.3, 0.4) is 0 Å². The molecule has 2 N–H and O–H groups in total. The summed E-state index contributed by atoms with van der Waals surface area (Å²) in [6.45, 7) is 1.56. The van der Waals surface area contributed by atoms with Gasteiger partial charge >= 0.3 is 0 Å². The van der Waals surface area contributed by atoms with Crippen LogP contribution < -0.4 is 5.32 Å². The molecule has 7 heteroatoms. The second-order valence-corrected chi connectivity index (χ2v) is 4.67. The topological polar surface area (TPSA) is 58.0 Å². The fourth-order valence-electron chi connectivity index (χ4n) is 1.71. The standard InChI is InChI=1S/C13H12ClF2N3O/c1-7(19-13-17-5-8(14)6-18-13)12(20)11-9(15)3-2-4-10(11)16/h2-7,12,20H,1H3,(H,17,18,19)/t7-,12-/m1/s1. The van der Waals surface area contributed by atoms with Gasteiger partial charge in [0.05, 0.1) is 29.0 Å². The lowest BCUT2D eigenvalue weighted by Crippen LogP contribution is -2.26. The number of anilines is 1. The van der Waals surface area contributed by atoms with Gasteiger partial charge in [-0.25, -0.2) is 18.7 Å². The van der Waals surface area contributed by atoms with Gasteiger partial charge in [0.2, 0.25) is 5.95 Å². The van der Waals surface area contributed by atoms with Gasteiger partial charge in [0.15, 0.2) is 0 Å². The largest absolute Gasteiger partial charge is 0.386 e. The second-order valence-electron chi connectivity index (χ2n) is 4.24. The average Bonchev–Trinajstić information content (AvgIpc) is 2.41. The average molecular weight is 300 g/mol. The number of aromatic nitrogens is 2. The first kappa shape index (κ1) is 14.6. The van der Waals surface area contributed by atoms with Crippen molar-refractivity contribution in [1.29, 1.82) is 0 Å².